The molecule has 7 heteroatoms. The minimum absolute atomic E-state index is 0.00279. The van der Waals surface area contributed by atoms with Crippen LogP contribution < -0.4 is 19.5 Å². The Bertz CT molecular complexity index is 907. The molecule has 0 spiro atoms. The van der Waals surface area contributed by atoms with Crippen molar-refractivity contribution in [1.29, 1.82) is 5.26 Å². The van der Waals surface area contributed by atoms with E-state index in [1.807, 2.05) is 13.1 Å². The third-order valence-corrected chi connectivity index (χ3v) is 4.71. The number of aromatic amines is 1. The zero-order chi connectivity index (χ0) is 19.6. The summed E-state index contributed by atoms with van der Waals surface area (Å²) in [4.78, 5) is 16.1. The van der Waals surface area contributed by atoms with Crippen LogP contribution in [-0.2, 0) is 6.54 Å². The first-order chi connectivity index (χ1) is 13.1. The molecule has 1 aliphatic carbocycles. The lowest BCUT2D eigenvalue weighted by molar-refractivity contribution is 0.0968. The molecule has 7 nitrogen and oxygen atoms in total. The van der Waals surface area contributed by atoms with Gasteiger partial charge in [0.2, 0.25) is 5.75 Å². The van der Waals surface area contributed by atoms with Crippen molar-refractivity contribution in [3.63, 3.8) is 0 Å². The number of carbonyl (C=O) groups is 1. The number of nitriles is 1. The molecule has 1 heterocycles. The first-order valence-corrected chi connectivity index (χ1v) is 8.74. The molecule has 0 radical (unpaired) electrons. The summed E-state index contributed by atoms with van der Waals surface area (Å²) in [6, 6.07) is 5.73. The van der Waals surface area contributed by atoms with E-state index in [9.17, 15) is 10.1 Å². The molecule has 1 aromatic carbocycles. The average molecular weight is 369 g/mol. The van der Waals surface area contributed by atoms with E-state index in [2.05, 4.69) is 16.4 Å². The Morgan fingerprint density at radius 3 is 2.44 bits per heavy atom. The van der Waals surface area contributed by atoms with Crippen molar-refractivity contribution in [3.8, 4) is 34.4 Å². The number of carbonyl (C=O) groups excluding carboxylic acids is 1. The van der Waals surface area contributed by atoms with Gasteiger partial charge in [0.1, 0.15) is 11.8 Å². The zero-order valence-electron chi connectivity index (χ0n) is 15.9. The van der Waals surface area contributed by atoms with Crippen molar-refractivity contribution >= 4 is 5.78 Å². The maximum absolute atomic E-state index is 13.0. The molecule has 2 aromatic rings. The SMILES string of the molecule is CNCc1[nH]c(C#N)c(C(=O)C2CC2)c1-c1ccc(OC)c(OC)c1OC. The lowest BCUT2D eigenvalue weighted by atomic mass is 9.94. The van der Waals surface area contributed by atoms with Crippen LogP contribution in [0.5, 0.6) is 17.2 Å². The van der Waals surface area contributed by atoms with Crippen LogP contribution in [0.15, 0.2) is 12.1 Å². The number of hydrogen-bond donors (Lipinski definition) is 2. The highest BCUT2D eigenvalue weighted by Gasteiger charge is 2.36. The molecule has 142 valence electrons. The number of nitrogens with one attached hydrogen (secondary N) is 2. The molecule has 1 aliphatic rings. The second kappa shape index (κ2) is 7.72. The van der Waals surface area contributed by atoms with E-state index in [1.54, 1.807) is 20.3 Å². The fourth-order valence-electron chi connectivity index (χ4n) is 3.34. The van der Waals surface area contributed by atoms with E-state index in [-0.39, 0.29) is 17.4 Å². The Morgan fingerprint density at radius 1 is 1.22 bits per heavy atom. The van der Waals surface area contributed by atoms with Gasteiger partial charge in [0.05, 0.1) is 26.9 Å². The number of methoxy groups -OCH3 is 3. The second-order valence-electron chi connectivity index (χ2n) is 6.39. The van der Waals surface area contributed by atoms with Crippen LogP contribution in [0.3, 0.4) is 0 Å². The van der Waals surface area contributed by atoms with Crippen molar-refractivity contribution in [2.24, 2.45) is 5.92 Å². The molecule has 0 atom stereocenters. The minimum Gasteiger partial charge on any atom is -0.493 e. The third kappa shape index (κ3) is 3.24. The molecule has 1 aromatic heterocycles. The predicted octanol–water partition coefficient (Wildman–Crippen LogP) is 2.89. The van der Waals surface area contributed by atoms with Gasteiger partial charge in [-0.25, -0.2) is 0 Å². The predicted molar refractivity (Wildman–Crippen MR) is 100 cm³/mol. The van der Waals surface area contributed by atoms with Crippen LogP contribution in [0.4, 0.5) is 0 Å². The third-order valence-electron chi connectivity index (χ3n) is 4.71. The summed E-state index contributed by atoms with van der Waals surface area (Å²) in [5, 5.41) is 12.7. The van der Waals surface area contributed by atoms with Gasteiger partial charge in [-0.15, -0.1) is 0 Å². The van der Waals surface area contributed by atoms with Crippen molar-refractivity contribution in [2.45, 2.75) is 19.4 Å². The highest BCUT2D eigenvalue weighted by atomic mass is 16.5. The Morgan fingerprint density at radius 2 is 1.93 bits per heavy atom. The molecule has 0 aliphatic heterocycles. The van der Waals surface area contributed by atoms with E-state index in [0.29, 0.717) is 40.5 Å². The lowest BCUT2D eigenvalue weighted by Gasteiger charge is -2.17. The number of H-pyrrole nitrogens is 1. The Kier molecular flexibility index (Phi) is 5.38. The quantitative estimate of drug-likeness (QED) is 0.695. The highest BCUT2D eigenvalue weighted by molar-refractivity contribution is 6.08. The standard InChI is InChI=1S/C20H23N3O4/c1-22-10-14-16(17(13(9-21)23-14)18(24)11-5-6-11)12-7-8-15(25-2)20(27-4)19(12)26-3/h7-8,11,22-23H,5-6,10H2,1-4H3. The van der Waals surface area contributed by atoms with Crippen molar-refractivity contribution < 1.29 is 19.0 Å². The van der Waals surface area contributed by atoms with Gasteiger partial charge >= 0.3 is 0 Å². The van der Waals surface area contributed by atoms with Crippen LogP contribution in [-0.4, -0.2) is 39.1 Å². The second-order valence-corrected chi connectivity index (χ2v) is 6.39. The molecular formula is C20H23N3O4. The number of Topliss-reactive ketones (excluding diaryl/α,β-unsaturated/α-hetero) is 1. The molecule has 0 unspecified atom stereocenters. The molecule has 0 bridgehead atoms. The highest BCUT2D eigenvalue weighted by Crippen LogP contribution is 2.47. The molecular weight excluding hydrogens is 346 g/mol. The lowest BCUT2D eigenvalue weighted by Crippen LogP contribution is -2.08. The Labute approximate surface area is 158 Å². The van der Waals surface area contributed by atoms with Crippen molar-refractivity contribution in [3.05, 3.63) is 29.1 Å². The average Bonchev–Trinajstić information content (AvgIpc) is 3.48. The van der Waals surface area contributed by atoms with Crippen molar-refractivity contribution in [1.82, 2.24) is 10.3 Å². The molecule has 1 saturated carbocycles. The number of nitrogens with zero attached hydrogens (tertiary/aromatic N) is 1. The van der Waals surface area contributed by atoms with E-state index in [0.717, 1.165) is 18.5 Å². The largest absolute Gasteiger partial charge is 0.493 e. The Hall–Kier alpha value is -2.98. The summed E-state index contributed by atoms with van der Waals surface area (Å²) < 4.78 is 16.5. The molecule has 0 saturated heterocycles. The smallest absolute Gasteiger partial charge is 0.203 e. The van der Waals surface area contributed by atoms with Gasteiger partial charge in [0, 0.05) is 29.3 Å². The summed E-state index contributed by atoms with van der Waals surface area (Å²) in [5.41, 5.74) is 2.82. The first kappa shape index (κ1) is 18.8. The van der Waals surface area contributed by atoms with Gasteiger partial charge in [0.15, 0.2) is 17.3 Å². The fraction of sp³-hybridized carbons (Fsp3) is 0.400. The number of aromatic nitrogens is 1. The van der Waals surface area contributed by atoms with Gasteiger partial charge in [-0.2, -0.15) is 5.26 Å². The zero-order valence-corrected chi connectivity index (χ0v) is 15.9. The maximum atomic E-state index is 13.0. The monoisotopic (exact) mass is 369 g/mol. The summed E-state index contributed by atoms with van der Waals surface area (Å²) in [6.45, 7) is 0.472. The minimum atomic E-state index is -0.0137. The summed E-state index contributed by atoms with van der Waals surface area (Å²) in [5.74, 6) is 1.41. The van der Waals surface area contributed by atoms with E-state index < -0.39 is 0 Å². The number of benzene rings is 1. The topological polar surface area (TPSA) is 96.4 Å². The maximum Gasteiger partial charge on any atom is 0.203 e. The summed E-state index contributed by atoms with van der Waals surface area (Å²) in [7, 11) is 6.44. The van der Waals surface area contributed by atoms with Crippen LogP contribution in [0.25, 0.3) is 11.1 Å². The first-order valence-electron chi connectivity index (χ1n) is 8.74. The van der Waals surface area contributed by atoms with Crippen LogP contribution in [0.1, 0.15) is 34.6 Å². The van der Waals surface area contributed by atoms with E-state index in [4.69, 9.17) is 14.2 Å². The normalized spacial score (nSPS) is 13.1. The Balaban J connectivity index is 2.31. The van der Waals surface area contributed by atoms with Gasteiger partial charge < -0.3 is 24.5 Å². The number of rotatable bonds is 8. The molecule has 3 rings (SSSR count). The summed E-state index contributed by atoms with van der Waals surface area (Å²) in [6.07, 6.45) is 1.72. The molecule has 27 heavy (non-hydrogen) atoms. The molecule has 0 amide bonds. The van der Waals surface area contributed by atoms with Crippen LogP contribution in [0.2, 0.25) is 0 Å². The van der Waals surface area contributed by atoms with Crippen molar-refractivity contribution in [2.75, 3.05) is 28.4 Å². The number of ether oxygens (including phenoxy) is 3. The van der Waals surface area contributed by atoms with Gasteiger partial charge in [-0.05, 0) is 32.0 Å². The van der Waals surface area contributed by atoms with E-state index in [1.165, 1.54) is 7.11 Å². The molecule has 1 fully saturated rings. The van der Waals surface area contributed by atoms with Crippen LogP contribution >= 0.6 is 0 Å². The van der Waals surface area contributed by atoms with Crippen LogP contribution in [0, 0.1) is 17.2 Å². The van der Waals surface area contributed by atoms with Gasteiger partial charge in [-0.1, -0.05) is 0 Å². The fourth-order valence-corrected chi connectivity index (χ4v) is 3.34. The summed E-state index contributed by atoms with van der Waals surface area (Å²) >= 11 is 0. The van der Waals surface area contributed by atoms with Gasteiger partial charge in [0.25, 0.3) is 0 Å². The molecule has 2 N–H and O–H groups in total. The van der Waals surface area contributed by atoms with E-state index >= 15 is 0 Å². The number of ketones is 1. The number of hydrogen-bond acceptors (Lipinski definition) is 6. The van der Waals surface area contributed by atoms with Gasteiger partial charge in [-0.3, -0.25) is 4.79 Å².